The number of nitrogens with one attached hydrogen (secondary N) is 1. The van der Waals surface area contributed by atoms with Crippen LogP contribution in [0.3, 0.4) is 0 Å². The van der Waals surface area contributed by atoms with E-state index < -0.39 is 0 Å². The highest BCUT2D eigenvalue weighted by atomic mass is 16.6. The van der Waals surface area contributed by atoms with Crippen molar-refractivity contribution in [3.63, 3.8) is 0 Å². The van der Waals surface area contributed by atoms with Gasteiger partial charge in [0.25, 0.3) is 0 Å². The number of hydrogen-bond acceptors (Lipinski definition) is 4. The van der Waals surface area contributed by atoms with Gasteiger partial charge in [-0.05, 0) is 52.8 Å². The summed E-state index contributed by atoms with van der Waals surface area (Å²) >= 11 is 0. The van der Waals surface area contributed by atoms with Gasteiger partial charge in [-0.3, -0.25) is 10.1 Å². The van der Waals surface area contributed by atoms with Crippen LogP contribution in [0.5, 0.6) is 5.75 Å². The summed E-state index contributed by atoms with van der Waals surface area (Å²) in [5.41, 5.74) is 5.70. The zero-order valence-electron chi connectivity index (χ0n) is 16.6. The molecule has 0 unspecified atom stereocenters. The van der Waals surface area contributed by atoms with Crippen LogP contribution in [-0.4, -0.2) is 12.0 Å². The van der Waals surface area contributed by atoms with Crippen molar-refractivity contribution in [3.05, 3.63) is 100 Å². The molecule has 0 amide bonds. The van der Waals surface area contributed by atoms with E-state index in [2.05, 4.69) is 59.9 Å². The van der Waals surface area contributed by atoms with E-state index in [0.29, 0.717) is 5.92 Å². The van der Waals surface area contributed by atoms with Crippen molar-refractivity contribution in [3.8, 4) is 16.9 Å². The number of anilines is 1. The normalized spacial score (nSPS) is 21.4. The average molecular weight is 398 g/mol. The smallest absolute Gasteiger partial charge is 0.311 e. The largest absolute Gasteiger partial charge is 0.490 e. The van der Waals surface area contributed by atoms with Crippen LogP contribution in [0.2, 0.25) is 0 Å². The molecule has 1 N–H and O–H groups in total. The predicted octanol–water partition coefficient (Wildman–Crippen LogP) is 6.10. The van der Waals surface area contributed by atoms with Crippen LogP contribution in [0, 0.1) is 16.0 Å². The highest BCUT2D eigenvalue weighted by Crippen LogP contribution is 2.51. The topological polar surface area (TPSA) is 64.4 Å². The Labute approximate surface area is 175 Å². The van der Waals surface area contributed by atoms with Crippen molar-refractivity contribution in [2.24, 2.45) is 5.92 Å². The van der Waals surface area contributed by atoms with Gasteiger partial charge in [-0.25, -0.2) is 0 Å². The Morgan fingerprint density at radius 1 is 1.03 bits per heavy atom. The molecular formula is C25H22N2O3. The van der Waals surface area contributed by atoms with Gasteiger partial charge in [0.1, 0.15) is 0 Å². The Morgan fingerprint density at radius 2 is 1.87 bits per heavy atom. The summed E-state index contributed by atoms with van der Waals surface area (Å²) in [5, 5.41) is 15.2. The molecule has 0 spiro atoms. The minimum atomic E-state index is -0.379. The summed E-state index contributed by atoms with van der Waals surface area (Å²) in [7, 11) is 1.46. The minimum absolute atomic E-state index is 0.00419. The van der Waals surface area contributed by atoms with Crippen LogP contribution in [0.1, 0.15) is 29.5 Å². The van der Waals surface area contributed by atoms with Crippen LogP contribution in [-0.2, 0) is 0 Å². The molecule has 1 aliphatic carbocycles. The maximum Gasteiger partial charge on any atom is 0.311 e. The summed E-state index contributed by atoms with van der Waals surface area (Å²) in [6.45, 7) is 0. The van der Waals surface area contributed by atoms with Gasteiger partial charge in [-0.1, -0.05) is 54.6 Å². The first-order valence-electron chi connectivity index (χ1n) is 10.1. The van der Waals surface area contributed by atoms with Gasteiger partial charge in [-0.15, -0.1) is 0 Å². The van der Waals surface area contributed by atoms with E-state index in [1.54, 1.807) is 12.1 Å². The Balaban J connectivity index is 1.55. The summed E-state index contributed by atoms with van der Waals surface area (Å²) < 4.78 is 5.17. The Hall–Kier alpha value is -3.60. The lowest BCUT2D eigenvalue weighted by Gasteiger charge is -2.37. The third-order valence-electron chi connectivity index (χ3n) is 6.23. The molecule has 5 rings (SSSR count). The van der Waals surface area contributed by atoms with Gasteiger partial charge in [0.2, 0.25) is 0 Å². The number of rotatable bonds is 4. The van der Waals surface area contributed by atoms with Gasteiger partial charge >= 0.3 is 5.69 Å². The standard InChI is InChI=1S/C25H22N2O3/c1-30-24-13-11-18(15-23(24)27(28)29)25-20-9-5-8-19(20)21-14-17(10-12-22(21)26-25)16-6-3-2-4-7-16/h2-8,10-15,19-20,25-26H,9H2,1H3/t19-,20+,25-/m0/s1. The molecule has 0 fully saturated rings. The van der Waals surface area contributed by atoms with Crippen molar-refractivity contribution in [1.82, 2.24) is 0 Å². The predicted molar refractivity (Wildman–Crippen MR) is 118 cm³/mol. The van der Waals surface area contributed by atoms with Crippen LogP contribution in [0.4, 0.5) is 11.4 Å². The SMILES string of the molecule is COc1ccc([C@@H]2Nc3ccc(-c4ccccc4)cc3[C@H]3C=CC[C@H]32)cc1[N+](=O)[O-]. The van der Waals surface area contributed by atoms with E-state index in [1.165, 1.54) is 23.8 Å². The van der Waals surface area contributed by atoms with E-state index in [0.717, 1.165) is 17.7 Å². The average Bonchev–Trinajstić information content (AvgIpc) is 3.28. The lowest BCUT2D eigenvalue weighted by atomic mass is 9.76. The molecule has 5 nitrogen and oxygen atoms in total. The van der Waals surface area contributed by atoms with Crippen LogP contribution < -0.4 is 10.1 Å². The number of fused-ring (bicyclic) bond motifs is 3. The summed E-state index contributed by atoms with van der Waals surface area (Å²) in [6.07, 6.45) is 5.45. The number of benzene rings is 3. The van der Waals surface area contributed by atoms with Crippen LogP contribution in [0.25, 0.3) is 11.1 Å². The molecule has 3 aromatic rings. The van der Waals surface area contributed by atoms with Crippen molar-refractivity contribution in [2.75, 3.05) is 12.4 Å². The molecule has 1 heterocycles. The maximum absolute atomic E-state index is 11.5. The fourth-order valence-corrected chi connectivity index (χ4v) is 4.78. The molecule has 0 radical (unpaired) electrons. The molecule has 30 heavy (non-hydrogen) atoms. The monoisotopic (exact) mass is 398 g/mol. The van der Waals surface area contributed by atoms with Crippen molar-refractivity contribution in [1.29, 1.82) is 0 Å². The van der Waals surface area contributed by atoms with Gasteiger partial charge in [-0.2, -0.15) is 0 Å². The summed E-state index contributed by atoms with van der Waals surface area (Å²) in [5.74, 6) is 0.890. The molecule has 0 bridgehead atoms. The van der Waals surface area contributed by atoms with Crippen LogP contribution in [0.15, 0.2) is 78.9 Å². The summed E-state index contributed by atoms with van der Waals surface area (Å²) in [4.78, 5) is 11.1. The Morgan fingerprint density at radius 3 is 2.63 bits per heavy atom. The number of nitro benzene ring substituents is 1. The first-order valence-corrected chi connectivity index (χ1v) is 10.1. The second kappa shape index (κ2) is 7.34. The van der Waals surface area contributed by atoms with E-state index >= 15 is 0 Å². The lowest BCUT2D eigenvalue weighted by Crippen LogP contribution is -2.29. The zero-order chi connectivity index (χ0) is 20.7. The van der Waals surface area contributed by atoms with Gasteiger partial charge in [0, 0.05) is 17.7 Å². The molecule has 0 saturated heterocycles. The minimum Gasteiger partial charge on any atom is -0.490 e. The maximum atomic E-state index is 11.5. The van der Waals surface area contributed by atoms with Crippen LogP contribution >= 0.6 is 0 Å². The number of ether oxygens (including phenoxy) is 1. The third kappa shape index (κ3) is 3.03. The summed E-state index contributed by atoms with van der Waals surface area (Å²) in [6, 6.07) is 22.2. The number of methoxy groups -OCH3 is 1. The molecule has 0 aromatic heterocycles. The zero-order valence-corrected chi connectivity index (χ0v) is 16.6. The van der Waals surface area contributed by atoms with Gasteiger partial charge in [0.15, 0.2) is 5.75 Å². The highest BCUT2D eigenvalue weighted by molar-refractivity contribution is 5.71. The fourth-order valence-electron chi connectivity index (χ4n) is 4.78. The van der Waals surface area contributed by atoms with Gasteiger partial charge < -0.3 is 10.1 Å². The Bertz CT molecular complexity index is 1140. The van der Waals surface area contributed by atoms with Crippen molar-refractivity contribution < 1.29 is 9.66 Å². The molecule has 5 heteroatoms. The lowest BCUT2D eigenvalue weighted by molar-refractivity contribution is -0.385. The van der Waals surface area contributed by atoms with E-state index in [-0.39, 0.29) is 28.3 Å². The quantitative estimate of drug-likeness (QED) is 0.328. The third-order valence-corrected chi connectivity index (χ3v) is 6.23. The number of nitro groups is 1. The molecule has 1 aliphatic heterocycles. The number of hydrogen-bond donors (Lipinski definition) is 1. The fraction of sp³-hybridized carbons (Fsp3) is 0.200. The molecule has 0 saturated carbocycles. The molecule has 2 aliphatic rings. The first kappa shape index (κ1) is 18.4. The second-order valence-electron chi connectivity index (χ2n) is 7.83. The second-order valence-corrected chi connectivity index (χ2v) is 7.83. The van der Waals surface area contributed by atoms with E-state index in [4.69, 9.17) is 4.74 Å². The van der Waals surface area contributed by atoms with E-state index in [1.807, 2.05) is 12.1 Å². The number of allylic oxidation sites excluding steroid dienone is 2. The van der Waals surface area contributed by atoms with E-state index in [9.17, 15) is 10.1 Å². The van der Waals surface area contributed by atoms with Crippen molar-refractivity contribution in [2.45, 2.75) is 18.4 Å². The molecule has 3 atom stereocenters. The molecule has 3 aromatic carbocycles. The first-order chi connectivity index (χ1) is 14.7. The molecular weight excluding hydrogens is 376 g/mol. The number of nitrogens with zero attached hydrogens (tertiary/aromatic N) is 1. The Kier molecular flexibility index (Phi) is 4.51. The van der Waals surface area contributed by atoms with Crippen molar-refractivity contribution >= 4 is 11.4 Å². The van der Waals surface area contributed by atoms with Gasteiger partial charge in [0.05, 0.1) is 18.1 Å². The molecule has 150 valence electrons. The highest BCUT2D eigenvalue weighted by Gasteiger charge is 2.38.